The third kappa shape index (κ3) is 5.06. The van der Waals surface area contributed by atoms with E-state index in [1.807, 2.05) is 11.6 Å². The van der Waals surface area contributed by atoms with Gasteiger partial charge in [-0.1, -0.05) is 18.5 Å². The van der Waals surface area contributed by atoms with Gasteiger partial charge < -0.3 is 10.1 Å². The van der Waals surface area contributed by atoms with Crippen LogP contribution < -0.4 is 14.8 Å². The van der Waals surface area contributed by atoms with Gasteiger partial charge in [-0.2, -0.15) is 0 Å². The summed E-state index contributed by atoms with van der Waals surface area (Å²) < 4.78 is 55.5. The third-order valence-corrected chi connectivity index (χ3v) is 4.23. The van der Waals surface area contributed by atoms with Gasteiger partial charge in [0, 0.05) is 17.1 Å². The summed E-state index contributed by atoms with van der Waals surface area (Å²) >= 11 is 5.90. The number of hydrogen-bond donors (Lipinski definition) is 2. The van der Waals surface area contributed by atoms with E-state index in [1.54, 1.807) is 6.07 Å². The van der Waals surface area contributed by atoms with E-state index >= 15 is 0 Å². The minimum Gasteiger partial charge on any atom is -0.495 e. The van der Waals surface area contributed by atoms with E-state index < -0.39 is 23.0 Å². The minimum atomic E-state index is -4.14. The van der Waals surface area contributed by atoms with Crippen molar-refractivity contribution in [3.05, 3.63) is 22.7 Å². The molecule has 1 rings (SSSR count). The Bertz CT molecular complexity index is 582. The summed E-state index contributed by atoms with van der Waals surface area (Å²) in [6.07, 6.45) is -2.79. The zero-order valence-corrected chi connectivity index (χ0v) is 13.2. The average molecular weight is 343 g/mol. The van der Waals surface area contributed by atoms with Gasteiger partial charge in [-0.05, 0) is 18.7 Å². The monoisotopic (exact) mass is 342 g/mol. The topological polar surface area (TPSA) is 67.4 Å². The molecule has 0 atom stereocenters. The SMILES string of the molecule is CCNCc1cc(Cl)cc(S(=O)(=O)NCC(F)F)c1OC. The first kappa shape index (κ1) is 18.1. The van der Waals surface area contributed by atoms with Crippen molar-refractivity contribution in [1.29, 1.82) is 0 Å². The van der Waals surface area contributed by atoms with Crippen molar-refractivity contribution in [2.45, 2.75) is 24.8 Å². The Kier molecular flexibility index (Phi) is 6.79. The highest BCUT2D eigenvalue weighted by atomic mass is 35.5. The van der Waals surface area contributed by atoms with Crippen LogP contribution in [0.2, 0.25) is 5.02 Å². The molecule has 0 bridgehead atoms. The Morgan fingerprint density at radius 2 is 2.05 bits per heavy atom. The standard InChI is InChI=1S/C12H17ClF2N2O3S/c1-3-16-6-8-4-9(13)5-10(12(8)20-2)21(18,19)17-7-11(14)15/h4-5,11,16-17H,3,6-7H2,1-2H3. The smallest absolute Gasteiger partial charge is 0.251 e. The maximum Gasteiger partial charge on any atom is 0.251 e. The van der Waals surface area contributed by atoms with Gasteiger partial charge in [-0.3, -0.25) is 0 Å². The number of alkyl halides is 2. The predicted molar refractivity (Wildman–Crippen MR) is 76.6 cm³/mol. The fourth-order valence-electron chi connectivity index (χ4n) is 1.70. The summed E-state index contributed by atoms with van der Waals surface area (Å²) in [4.78, 5) is -0.258. The first-order valence-electron chi connectivity index (χ1n) is 6.16. The molecule has 21 heavy (non-hydrogen) atoms. The van der Waals surface area contributed by atoms with E-state index in [9.17, 15) is 17.2 Å². The normalized spacial score (nSPS) is 11.9. The Morgan fingerprint density at radius 3 is 2.57 bits per heavy atom. The van der Waals surface area contributed by atoms with Crippen molar-refractivity contribution in [3.8, 4) is 5.75 Å². The maximum absolute atomic E-state index is 12.2. The first-order chi connectivity index (χ1) is 9.81. The molecule has 2 N–H and O–H groups in total. The maximum atomic E-state index is 12.2. The number of benzene rings is 1. The molecule has 1 aromatic carbocycles. The van der Waals surface area contributed by atoms with Crippen LogP contribution in [0, 0.1) is 0 Å². The van der Waals surface area contributed by atoms with Crippen LogP contribution >= 0.6 is 11.6 Å². The second-order valence-corrected chi connectivity index (χ2v) is 6.29. The molecule has 0 fully saturated rings. The Balaban J connectivity index is 3.24. The number of nitrogens with one attached hydrogen (secondary N) is 2. The number of ether oxygens (including phenoxy) is 1. The van der Waals surface area contributed by atoms with Gasteiger partial charge in [0.1, 0.15) is 10.6 Å². The second-order valence-electron chi connectivity index (χ2n) is 4.12. The summed E-state index contributed by atoms with van der Waals surface area (Å²) in [6.45, 7) is 1.93. The van der Waals surface area contributed by atoms with E-state index in [1.165, 1.54) is 13.2 Å². The molecule has 0 unspecified atom stereocenters. The summed E-state index contributed by atoms with van der Waals surface area (Å²) in [5.41, 5.74) is 0.532. The summed E-state index contributed by atoms with van der Waals surface area (Å²) in [6, 6.07) is 2.73. The van der Waals surface area contributed by atoms with Crippen molar-refractivity contribution in [2.75, 3.05) is 20.2 Å². The molecule has 0 saturated heterocycles. The van der Waals surface area contributed by atoms with Crippen LogP contribution in [0.5, 0.6) is 5.75 Å². The predicted octanol–water partition coefficient (Wildman–Crippen LogP) is 2.00. The van der Waals surface area contributed by atoms with Crippen molar-refractivity contribution in [3.63, 3.8) is 0 Å². The molecule has 0 aromatic heterocycles. The highest BCUT2D eigenvalue weighted by Crippen LogP contribution is 2.31. The minimum absolute atomic E-state index is 0.0853. The highest BCUT2D eigenvalue weighted by molar-refractivity contribution is 7.89. The molecule has 5 nitrogen and oxygen atoms in total. The molecule has 0 aliphatic heterocycles. The first-order valence-corrected chi connectivity index (χ1v) is 8.02. The molecule has 0 aliphatic carbocycles. The molecular weight excluding hydrogens is 326 g/mol. The second kappa shape index (κ2) is 7.88. The van der Waals surface area contributed by atoms with Crippen LogP contribution in [0.15, 0.2) is 17.0 Å². The largest absolute Gasteiger partial charge is 0.495 e. The molecule has 120 valence electrons. The van der Waals surface area contributed by atoms with Crippen molar-refractivity contribution >= 4 is 21.6 Å². The lowest BCUT2D eigenvalue weighted by molar-refractivity contribution is 0.153. The molecule has 0 spiro atoms. The lowest BCUT2D eigenvalue weighted by Crippen LogP contribution is -2.29. The van der Waals surface area contributed by atoms with Crippen molar-refractivity contribution in [2.24, 2.45) is 0 Å². The number of rotatable bonds is 8. The van der Waals surface area contributed by atoms with Gasteiger partial charge in [-0.25, -0.2) is 21.9 Å². The van der Waals surface area contributed by atoms with Gasteiger partial charge in [0.2, 0.25) is 10.0 Å². The molecule has 0 radical (unpaired) electrons. The van der Waals surface area contributed by atoms with E-state index in [4.69, 9.17) is 16.3 Å². The Labute approximate surface area is 127 Å². The molecule has 9 heteroatoms. The molecule has 0 saturated carbocycles. The molecule has 0 heterocycles. The van der Waals surface area contributed by atoms with Gasteiger partial charge in [0.25, 0.3) is 6.43 Å². The van der Waals surface area contributed by atoms with Crippen LogP contribution in [-0.2, 0) is 16.6 Å². The Hall–Kier alpha value is -0.960. The number of sulfonamides is 1. The Morgan fingerprint density at radius 1 is 1.38 bits per heavy atom. The fraction of sp³-hybridized carbons (Fsp3) is 0.500. The number of hydrogen-bond acceptors (Lipinski definition) is 4. The molecule has 0 amide bonds. The molecular formula is C12H17ClF2N2O3S. The summed E-state index contributed by atoms with van der Waals surface area (Å²) in [7, 11) is -2.83. The van der Waals surface area contributed by atoms with Crippen LogP contribution in [-0.4, -0.2) is 35.0 Å². The highest BCUT2D eigenvalue weighted by Gasteiger charge is 2.23. The number of methoxy groups -OCH3 is 1. The van der Waals surface area contributed by atoms with Crippen LogP contribution in [0.1, 0.15) is 12.5 Å². The zero-order chi connectivity index (χ0) is 16.0. The van der Waals surface area contributed by atoms with Gasteiger partial charge in [0.05, 0.1) is 13.7 Å². The van der Waals surface area contributed by atoms with Crippen molar-refractivity contribution in [1.82, 2.24) is 10.0 Å². The van der Waals surface area contributed by atoms with E-state index in [-0.39, 0.29) is 15.7 Å². The molecule has 0 aliphatic rings. The third-order valence-electron chi connectivity index (χ3n) is 2.58. The van der Waals surface area contributed by atoms with E-state index in [2.05, 4.69) is 5.32 Å². The lowest BCUT2D eigenvalue weighted by Gasteiger charge is -2.15. The van der Waals surface area contributed by atoms with Crippen molar-refractivity contribution < 1.29 is 21.9 Å². The summed E-state index contributed by atoms with van der Waals surface area (Å²) in [5.74, 6) is 0.0853. The lowest BCUT2D eigenvalue weighted by atomic mass is 10.2. The zero-order valence-electron chi connectivity index (χ0n) is 11.6. The van der Waals surface area contributed by atoms with Crippen LogP contribution in [0.4, 0.5) is 8.78 Å². The molecule has 1 aromatic rings. The van der Waals surface area contributed by atoms with Crippen LogP contribution in [0.25, 0.3) is 0 Å². The number of halogens is 3. The average Bonchev–Trinajstić information content (AvgIpc) is 2.42. The van der Waals surface area contributed by atoms with Gasteiger partial charge >= 0.3 is 0 Å². The summed E-state index contributed by atoms with van der Waals surface area (Å²) in [5, 5.41) is 3.20. The van der Waals surface area contributed by atoms with E-state index in [0.717, 1.165) is 0 Å². The van der Waals surface area contributed by atoms with E-state index in [0.29, 0.717) is 18.7 Å². The van der Waals surface area contributed by atoms with Crippen LogP contribution in [0.3, 0.4) is 0 Å². The van der Waals surface area contributed by atoms with Gasteiger partial charge in [0.15, 0.2) is 0 Å². The quantitative estimate of drug-likeness (QED) is 0.758. The van der Waals surface area contributed by atoms with Gasteiger partial charge in [-0.15, -0.1) is 0 Å². The fourth-order valence-corrected chi connectivity index (χ4v) is 3.24.